The van der Waals surface area contributed by atoms with Crippen LogP contribution in [0.2, 0.25) is 0 Å². The molecule has 0 aliphatic rings. The second kappa shape index (κ2) is 6.29. The fourth-order valence-electron chi connectivity index (χ4n) is 1.85. The van der Waals surface area contributed by atoms with Crippen LogP contribution in [-0.4, -0.2) is 27.4 Å². The van der Waals surface area contributed by atoms with Crippen molar-refractivity contribution >= 4 is 5.97 Å². The van der Waals surface area contributed by atoms with E-state index in [0.717, 1.165) is 5.56 Å². The van der Waals surface area contributed by atoms with Gasteiger partial charge in [-0.1, -0.05) is 0 Å². The quantitative estimate of drug-likeness (QED) is 0.790. The number of nitrogens with zero attached hydrogens (tertiary/aromatic N) is 2. The number of aromatic carboxylic acids is 1. The molecule has 0 saturated carbocycles. The first-order valence-corrected chi connectivity index (χ1v) is 6.28. The van der Waals surface area contributed by atoms with Crippen LogP contribution >= 0.6 is 0 Å². The lowest BCUT2D eigenvalue weighted by atomic mass is 10.1. The van der Waals surface area contributed by atoms with Gasteiger partial charge in [0.2, 0.25) is 0 Å². The number of aromatic nitrogens is 2. The highest BCUT2D eigenvalue weighted by Crippen LogP contribution is 2.10. The second-order valence-electron chi connectivity index (χ2n) is 4.57. The molecular formula is C14H16FN3O2. The number of carbonyl (C=O) groups is 1. The van der Waals surface area contributed by atoms with Crippen LogP contribution in [0, 0.1) is 12.7 Å². The molecule has 0 amide bonds. The fourth-order valence-corrected chi connectivity index (χ4v) is 1.85. The van der Waals surface area contributed by atoms with E-state index in [4.69, 9.17) is 5.11 Å². The van der Waals surface area contributed by atoms with Gasteiger partial charge < -0.3 is 10.4 Å². The zero-order chi connectivity index (χ0) is 14.5. The van der Waals surface area contributed by atoms with Crippen molar-refractivity contribution in [1.82, 2.24) is 15.1 Å². The number of nitrogens with one attached hydrogen (secondary N) is 1. The Balaban J connectivity index is 1.87. The van der Waals surface area contributed by atoms with Crippen LogP contribution in [0.1, 0.15) is 21.5 Å². The number of rotatable bonds is 6. The van der Waals surface area contributed by atoms with Gasteiger partial charge in [0.1, 0.15) is 5.82 Å². The minimum absolute atomic E-state index is 0.0888. The monoisotopic (exact) mass is 277 g/mol. The molecule has 0 fully saturated rings. The van der Waals surface area contributed by atoms with Crippen LogP contribution in [-0.2, 0) is 13.1 Å². The van der Waals surface area contributed by atoms with E-state index in [9.17, 15) is 9.18 Å². The fraction of sp³-hybridized carbons (Fsp3) is 0.286. The summed E-state index contributed by atoms with van der Waals surface area (Å²) in [5, 5.41) is 16.1. The summed E-state index contributed by atoms with van der Waals surface area (Å²) >= 11 is 0. The van der Waals surface area contributed by atoms with E-state index in [0.29, 0.717) is 18.7 Å². The van der Waals surface area contributed by atoms with E-state index in [1.54, 1.807) is 10.9 Å². The van der Waals surface area contributed by atoms with Crippen LogP contribution in [0.15, 0.2) is 30.6 Å². The summed E-state index contributed by atoms with van der Waals surface area (Å²) in [6.07, 6.45) is 3.70. The van der Waals surface area contributed by atoms with Crippen LogP contribution < -0.4 is 5.32 Å². The normalized spacial score (nSPS) is 10.7. The highest BCUT2D eigenvalue weighted by atomic mass is 19.1. The van der Waals surface area contributed by atoms with Crippen molar-refractivity contribution in [3.05, 3.63) is 53.1 Å². The maximum atomic E-state index is 13.5. The first kappa shape index (κ1) is 14.2. The Morgan fingerprint density at radius 3 is 2.95 bits per heavy atom. The number of carboxylic acids is 1. The number of halogens is 1. The molecule has 2 aromatic rings. The Labute approximate surface area is 116 Å². The SMILES string of the molecule is Cc1cnn(CCNCc2cc(C(=O)O)ccc2F)c1. The van der Waals surface area contributed by atoms with E-state index in [1.807, 2.05) is 13.1 Å². The van der Waals surface area contributed by atoms with Gasteiger partial charge >= 0.3 is 5.97 Å². The third-order valence-electron chi connectivity index (χ3n) is 2.89. The van der Waals surface area contributed by atoms with Crippen molar-refractivity contribution in [3.8, 4) is 0 Å². The van der Waals surface area contributed by atoms with E-state index in [2.05, 4.69) is 10.4 Å². The first-order valence-electron chi connectivity index (χ1n) is 6.28. The van der Waals surface area contributed by atoms with Crippen LogP contribution in [0.3, 0.4) is 0 Å². The number of hydrogen-bond acceptors (Lipinski definition) is 3. The molecule has 2 rings (SSSR count). The lowest BCUT2D eigenvalue weighted by Gasteiger charge is -2.07. The number of hydrogen-bond donors (Lipinski definition) is 2. The Morgan fingerprint density at radius 2 is 2.30 bits per heavy atom. The van der Waals surface area contributed by atoms with E-state index in [1.165, 1.54) is 18.2 Å². The largest absolute Gasteiger partial charge is 0.478 e. The Kier molecular flexibility index (Phi) is 4.47. The highest BCUT2D eigenvalue weighted by Gasteiger charge is 2.07. The van der Waals surface area contributed by atoms with Crippen LogP contribution in [0.4, 0.5) is 4.39 Å². The molecule has 0 bridgehead atoms. The van der Waals surface area contributed by atoms with E-state index in [-0.39, 0.29) is 12.1 Å². The standard InChI is InChI=1S/C14H16FN3O2/c1-10-7-17-18(9-10)5-4-16-8-12-6-11(14(19)20)2-3-13(12)15/h2-3,6-7,9,16H,4-5,8H2,1H3,(H,19,20). The van der Waals surface area contributed by atoms with Gasteiger partial charge in [0, 0.05) is 24.8 Å². The van der Waals surface area contributed by atoms with Crippen molar-refractivity contribution in [3.63, 3.8) is 0 Å². The molecule has 2 N–H and O–H groups in total. The molecule has 0 atom stereocenters. The van der Waals surface area contributed by atoms with Gasteiger partial charge in [-0.3, -0.25) is 4.68 Å². The molecule has 0 aliphatic carbocycles. The first-order chi connectivity index (χ1) is 9.56. The third-order valence-corrected chi connectivity index (χ3v) is 2.89. The maximum Gasteiger partial charge on any atom is 0.335 e. The molecule has 20 heavy (non-hydrogen) atoms. The van der Waals surface area contributed by atoms with Crippen molar-refractivity contribution in [1.29, 1.82) is 0 Å². The molecule has 0 radical (unpaired) electrons. The summed E-state index contributed by atoms with van der Waals surface area (Å²) in [4.78, 5) is 10.8. The molecule has 106 valence electrons. The van der Waals surface area contributed by atoms with Crippen molar-refractivity contribution < 1.29 is 14.3 Å². The average molecular weight is 277 g/mol. The molecule has 1 aromatic heterocycles. The van der Waals surface area contributed by atoms with Gasteiger partial charge in [0.25, 0.3) is 0 Å². The minimum atomic E-state index is -1.06. The molecule has 0 spiro atoms. The summed E-state index contributed by atoms with van der Waals surface area (Å²) < 4.78 is 15.3. The lowest BCUT2D eigenvalue weighted by Crippen LogP contribution is -2.20. The van der Waals surface area contributed by atoms with Gasteiger partial charge in [-0.05, 0) is 30.7 Å². The summed E-state index contributed by atoms with van der Waals surface area (Å²) in [7, 11) is 0. The predicted octanol–water partition coefficient (Wildman–Crippen LogP) is 1.82. The summed E-state index contributed by atoms with van der Waals surface area (Å²) in [6, 6.07) is 3.79. The van der Waals surface area contributed by atoms with Crippen molar-refractivity contribution in [2.24, 2.45) is 0 Å². The summed E-state index contributed by atoms with van der Waals surface area (Å²) in [6.45, 7) is 3.54. The van der Waals surface area contributed by atoms with Gasteiger partial charge in [0.05, 0.1) is 18.3 Å². The van der Waals surface area contributed by atoms with Crippen molar-refractivity contribution in [2.75, 3.05) is 6.54 Å². The van der Waals surface area contributed by atoms with Crippen LogP contribution in [0.5, 0.6) is 0 Å². The molecule has 1 aromatic carbocycles. The Morgan fingerprint density at radius 1 is 1.50 bits per heavy atom. The van der Waals surface area contributed by atoms with E-state index < -0.39 is 11.8 Å². The highest BCUT2D eigenvalue weighted by molar-refractivity contribution is 5.87. The minimum Gasteiger partial charge on any atom is -0.478 e. The van der Waals surface area contributed by atoms with Crippen molar-refractivity contribution in [2.45, 2.75) is 20.0 Å². The maximum absolute atomic E-state index is 13.5. The number of carboxylic acid groups (broad SMARTS) is 1. The lowest BCUT2D eigenvalue weighted by molar-refractivity contribution is 0.0696. The second-order valence-corrected chi connectivity index (χ2v) is 4.57. The zero-order valence-electron chi connectivity index (χ0n) is 11.1. The predicted molar refractivity (Wildman–Crippen MR) is 72.0 cm³/mol. The van der Waals surface area contributed by atoms with E-state index >= 15 is 0 Å². The summed E-state index contributed by atoms with van der Waals surface area (Å²) in [5.41, 5.74) is 1.53. The molecule has 0 saturated heterocycles. The van der Waals surface area contributed by atoms with Gasteiger partial charge in [-0.15, -0.1) is 0 Å². The Hall–Kier alpha value is -2.21. The molecule has 0 aliphatic heterocycles. The summed E-state index contributed by atoms with van der Waals surface area (Å²) in [5.74, 6) is -1.46. The Bertz CT molecular complexity index is 610. The molecule has 1 heterocycles. The topological polar surface area (TPSA) is 67.2 Å². The third kappa shape index (κ3) is 3.64. The van der Waals surface area contributed by atoms with Gasteiger partial charge in [-0.2, -0.15) is 5.10 Å². The smallest absolute Gasteiger partial charge is 0.335 e. The number of benzene rings is 1. The molecule has 5 nitrogen and oxygen atoms in total. The molecular weight excluding hydrogens is 261 g/mol. The van der Waals surface area contributed by atoms with Gasteiger partial charge in [-0.25, -0.2) is 9.18 Å². The average Bonchev–Trinajstić information content (AvgIpc) is 2.82. The number of aryl methyl sites for hydroxylation is 1. The molecule has 6 heteroatoms. The molecule has 0 unspecified atom stereocenters. The zero-order valence-corrected chi connectivity index (χ0v) is 11.1. The van der Waals surface area contributed by atoms with Crippen LogP contribution in [0.25, 0.3) is 0 Å². The van der Waals surface area contributed by atoms with Gasteiger partial charge in [0.15, 0.2) is 0 Å².